The van der Waals surface area contributed by atoms with Crippen LogP contribution in [0.1, 0.15) is 23.6 Å². The molecule has 0 aromatic carbocycles. The molecule has 0 aliphatic heterocycles. The lowest BCUT2D eigenvalue weighted by Gasteiger charge is -2.18. The maximum Gasteiger partial charge on any atom is 0.241 e. The van der Waals surface area contributed by atoms with Gasteiger partial charge < -0.3 is 8.94 Å². The highest BCUT2D eigenvalue weighted by atomic mass is 32.1. The summed E-state index contributed by atoms with van der Waals surface area (Å²) in [4.78, 5) is 8.20. The van der Waals surface area contributed by atoms with E-state index in [0.717, 1.165) is 6.54 Å². The first-order chi connectivity index (χ1) is 10.4. The minimum Gasteiger partial charge on any atom is -0.461 e. The lowest BCUT2D eigenvalue weighted by atomic mass is 10.4. The molecule has 0 radical (unpaired) electrons. The van der Waals surface area contributed by atoms with Crippen molar-refractivity contribution in [3.05, 3.63) is 46.7 Å². The molecule has 0 atom stereocenters. The van der Waals surface area contributed by atoms with Crippen LogP contribution in [0.3, 0.4) is 0 Å². The van der Waals surface area contributed by atoms with E-state index >= 15 is 0 Å². The smallest absolute Gasteiger partial charge is 0.241 e. The summed E-state index contributed by atoms with van der Waals surface area (Å²) < 4.78 is 10.6. The second-order valence-corrected chi connectivity index (χ2v) is 6.24. The van der Waals surface area contributed by atoms with E-state index in [1.54, 1.807) is 17.6 Å². The molecule has 1 saturated carbocycles. The number of nitrogens with zero attached hydrogens (tertiary/aromatic N) is 3. The van der Waals surface area contributed by atoms with Crippen LogP contribution in [-0.2, 0) is 13.1 Å². The van der Waals surface area contributed by atoms with Gasteiger partial charge in [0.1, 0.15) is 0 Å². The van der Waals surface area contributed by atoms with Crippen molar-refractivity contribution in [2.24, 2.45) is 0 Å². The number of furan rings is 1. The molecule has 0 unspecified atom stereocenters. The highest BCUT2D eigenvalue weighted by Gasteiger charge is 2.30. The standard InChI is InChI=1S/C15H15N3O2S/c1-4-13(19-7-1)15-16-14(20-17-15)10-18(11-5-6-11)9-12-3-2-8-21-12/h1-4,7-8,11H,5-6,9-10H2. The van der Waals surface area contributed by atoms with Gasteiger partial charge in [0.15, 0.2) is 5.76 Å². The van der Waals surface area contributed by atoms with Gasteiger partial charge in [-0.25, -0.2) is 0 Å². The Morgan fingerprint density at radius 3 is 2.90 bits per heavy atom. The lowest BCUT2D eigenvalue weighted by molar-refractivity contribution is 0.211. The van der Waals surface area contributed by atoms with Gasteiger partial charge in [-0.15, -0.1) is 11.3 Å². The predicted molar refractivity (Wildman–Crippen MR) is 78.6 cm³/mol. The van der Waals surface area contributed by atoms with Crippen LogP contribution in [0.15, 0.2) is 44.8 Å². The zero-order valence-corrected chi connectivity index (χ0v) is 12.3. The van der Waals surface area contributed by atoms with Crippen molar-refractivity contribution in [1.82, 2.24) is 15.0 Å². The van der Waals surface area contributed by atoms with Crippen molar-refractivity contribution < 1.29 is 8.94 Å². The maximum atomic E-state index is 5.36. The summed E-state index contributed by atoms with van der Waals surface area (Å²) in [7, 11) is 0. The molecular formula is C15H15N3O2S. The molecule has 21 heavy (non-hydrogen) atoms. The average molecular weight is 301 g/mol. The molecule has 5 nitrogen and oxygen atoms in total. The highest BCUT2D eigenvalue weighted by molar-refractivity contribution is 7.09. The largest absolute Gasteiger partial charge is 0.461 e. The third kappa shape index (κ3) is 2.91. The topological polar surface area (TPSA) is 55.3 Å². The van der Waals surface area contributed by atoms with Crippen LogP contribution in [0.5, 0.6) is 0 Å². The molecule has 1 aliphatic rings. The molecule has 3 heterocycles. The first-order valence-electron chi connectivity index (χ1n) is 7.01. The van der Waals surface area contributed by atoms with Crippen molar-refractivity contribution >= 4 is 11.3 Å². The molecule has 1 aliphatic carbocycles. The van der Waals surface area contributed by atoms with Gasteiger partial charge in [0.25, 0.3) is 0 Å². The Bertz CT molecular complexity index is 686. The van der Waals surface area contributed by atoms with Crippen LogP contribution < -0.4 is 0 Å². The van der Waals surface area contributed by atoms with Crippen molar-refractivity contribution in [3.63, 3.8) is 0 Å². The molecule has 3 aromatic rings. The summed E-state index contributed by atoms with van der Waals surface area (Å²) >= 11 is 1.79. The Labute approximate surface area is 126 Å². The second-order valence-electron chi connectivity index (χ2n) is 5.20. The lowest BCUT2D eigenvalue weighted by Crippen LogP contribution is -2.24. The zero-order chi connectivity index (χ0) is 14.1. The monoisotopic (exact) mass is 301 g/mol. The molecule has 0 bridgehead atoms. The predicted octanol–water partition coefficient (Wildman–Crippen LogP) is 3.56. The van der Waals surface area contributed by atoms with Crippen LogP contribution in [0.25, 0.3) is 11.6 Å². The second kappa shape index (κ2) is 5.46. The SMILES string of the molecule is c1coc(-c2noc(CN(Cc3cccs3)C3CC3)n2)c1. The number of aromatic nitrogens is 2. The fourth-order valence-corrected chi connectivity index (χ4v) is 3.08. The average Bonchev–Trinajstić information content (AvgIpc) is 2.93. The van der Waals surface area contributed by atoms with E-state index in [4.69, 9.17) is 8.94 Å². The number of thiophene rings is 1. The van der Waals surface area contributed by atoms with Crippen LogP contribution in [0, 0.1) is 0 Å². The van der Waals surface area contributed by atoms with Crippen LogP contribution >= 0.6 is 11.3 Å². The summed E-state index contributed by atoms with van der Waals surface area (Å²) in [5.74, 6) is 1.80. The van der Waals surface area contributed by atoms with E-state index in [2.05, 4.69) is 32.6 Å². The minimum atomic E-state index is 0.516. The molecule has 108 valence electrons. The molecular weight excluding hydrogens is 286 g/mol. The first kappa shape index (κ1) is 12.8. The summed E-state index contributed by atoms with van der Waals surface area (Å²) in [5, 5.41) is 6.10. The summed E-state index contributed by atoms with van der Waals surface area (Å²) in [6.45, 7) is 1.64. The Hall–Kier alpha value is -1.92. The molecule has 4 rings (SSSR count). The van der Waals surface area contributed by atoms with E-state index < -0.39 is 0 Å². The quantitative estimate of drug-likeness (QED) is 0.697. The Morgan fingerprint density at radius 1 is 1.24 bits per heavy atom. The van der Waals surface area contributed by atoms with Crippen molar-refractivity contribution in [2.45, 2.75) is 32.0 Å². The van der Waals surface area contributed by atoms with Gasteiger partial charge in [-0.1, -0.05) is 11.2 Å². The fraction of sp³-hybridized carbons (Fsp3) is 0.333. The molecule has 6 heteroatoms. The van der Waals surface area contributed by atoms with Crippen molar-refractivity contribution in [2.75, 3.05) is 0 Å². The van der Waals surface area contributed by atoms with Gasteiger partial charge in [0.2, 0.25) is 11.7 Å². The van der Waals surface area contributed by atoms with E-state index in [1.165, 1.54) is 17.7 Å². The highest BCUT2D eigenvalue weighted by Crippen LogP contribution is 2.30. The van der Waals surface area contributed by atoms with E-state index in [1.807, 2.05) is 12.1 Å². The summed E-state index contributed by atoms with van der Waals surface area (Å²) in [5.41, 5.74) is 0. The van der Waals surface area contributed by atoms with Gasteiger partial charge >= 0.3 is 0 Å². The van der Waals surface area contributed by atoms with E-state index in [0.29, 0.717) is 30.1 Å². The number of rotatable bonds is 6. The Morgan fingerprint density at radius 2 is 2.19 bits per heavy atom. The minimum absolute atomic E-state index is 0.516. The van der Waals surface area contributed by atoms with Crippen LogP contribution in [0.4, 0.5) is 0 Å². The third-order valence-electron chi connectivity index (χ3n) is 3.55. The molecule has 0 amide bonds. The number of hydrogen-bond donors (Lipinski definition) is 0. The van der Waals surface area contributed by atoms with Gasteiger partial charge in [-0.05, 0) is 36.4 Å². The summed E-state index contributed by atoms with van der Waals surface area (Å²) in [6.07, 6.45) is 4.12. The molecule has 3 aromatic heterocycles. The Kier molecular flexibility index (Phi) is 3.33. The van der Waals surface area contributed by atoms with Gasteiger partial charge in [0.05, 0.1) is 12.8 Å². The first-order valence-corrected chi connectivity index (χ1v) is 7.89. The van der Waals surface area contributed by atoms with Crippen LogP contribution in [0.2, 0.25) is 0 Å². The van der Waals surface area contributed by atoms with E-state index in [-0.39, 0.29) is 0 Å². The third-order valence-corrected chi connectivity index (χ3v) is 4.41. The Balaban J connectivity index is 1.48. The maximum absolute atomic E-state index is 5.36. The van der Waals surface area contributed by atoms with Crippen molar-refractivity contribution in [3.8, 4) is 11.6 Å². The number of hydrogen-bond acceptors (Lipinski definition) is 6. The van der Waals surface area contributed by atoms with Gasteiger partial charge in [0, 0.05) is 17.5 Å². The molecule has 0 saturated heterocycles. The summed E-state index contributed by atoms with van der Waals surface area (Å²) in [6, 6.07) is 8.55. The van der Waals surface area contributed by atoms with Gasteiger partial charge in [-0.3, -0.25) is 4.90 Å². The fourth-order valence-electron chi connectivity index (χ4n) is 2.36. The van der Waals surface area contributed by atoms with E-state index in [9.17, 15) is 0 Å². The normalized spacial score (nSPS) is 14.9. The molecule has 0 spiro atoms. The molecule has 0 N–H and O–H groups in total. The van der Waals surface area contributed by atoms with Gasteiger partial charge in [-0.2, -0.15) is 4.98 Å². The zero-order valence-electron chi connectivity index (χ0n) is 11.4. The molecule has 1 fully saturated rings. The van der Waals surface area contributed by atoms with Crippen LogP contribution in [-0.4, -0.2) is 21.1 Å². The van der Waals surface area contributed by atoms with Crippen molar-refractivity contribution in [1.29, 1.82) is 0 Å².